The van der Waals surface area contributed by atoms with Gasteiger partial charge in [0.1, 0.15) is 0 Å². The Labute approximate surface area is 112 Å². The maximum atomic E-state index is 4.35. The van der Waals surface area contributed by atoms with Crippen LogP contribution in [0.15, 0.2) is 30.6 Å². The number of hydrogen-bond donors (Lipinski definition) is 0. The summed E-state index contributed by atoms with van der Waals surface area (Å²) in [6.07, 6.45) is 8.44. The lowest BCUT2D eigenvalue weighted by Gasteiger charge is -2.09. The molecule has 0 aliphatic heterocycles. The molecular weight excluding hydrogens is 236 g/mol. The Balaban J connectivity index is 1.91. The third-order valence-electron chi connectivity index (χ3n) is 3.33. The van der Waals surface area contributed by atoms with Gasteiger partial charge in [-0.05, 0) is 36.5 Å². The largest absolute Gasteiger partial charge is 0.253 e. The van der Waals surface area contributed by atoms with Crippen molar-refractivity contribution in [2.24, 2.45) is 5.92 Å². The molecule has 2 nitrogen and oxygen atoms in total. The van der Waals surface area contributed by atoms with Crippen molar-refractivity contribution >= 4 is 21.3 Å². The lowest BCUT2D eigenvalue weighted by atomic mass is 9.99. The highest BCUT2D eigenvalue weighted by Gasteiger charge is 2.02. The minimum atomic E-state index is 0.808. The second-order valence-corrected chi connectivity index (χ2v) is 5.42. The van der Waals surface area contributed by atoms with E-state index in [0.29, 0.717) is 0 Å². The number of hydrogen-bond acceptors (Lipinski definition) is 2. The van der Waals surface area contributed by atoms with Crippen molar-refractivity contribution in [2.75, 3.05) is 0 Å². The van der Waals surface area contributed by atoms with Crippen molar-refractivity contribution in [1.29, 1.82) is 0 Å². The summed E-state index contributed by atoms with van der Waals surface area (Å²) >= 11 is 0. The van der Waals surface area contributed by atoms with Crippen LogP contribution in [-0.4, -0.2) is 20.2 Å². The topological polar surface area (TPSA) is 25.8 Å². The normalized spacial score (nSPS) is 12.8. The van der Waals surface area contributed by atoms with Gasteiger partial charge in [-0.15, -0.1) is 0 Å². The first-order chi connectivity index (χ1) is 8.79. The van der Waals surface area contributed by atoms with Gasteiger partial charge in [0.15, 0.2) is 0 Å². The van der Waals surface area contributed by atoms with Crippen molar-refractivity contribution < 1.29 is 0 Å². The van der Waals surface area contributed by atoms with E-state index in [9.17, 15) is 0 Å². The molecule has 93 valence electrons. The van der Waals surface area contributed by atoms with Crippen LogP contribution in [0.5, 0.6) is 0 Å². The third kappa shape index (κ3) is 3.64. The molecular formula is C15H19N2Si. The summed E-state index contributed by atoms with van der Waals surface area (Å²) in [4.78, 5) is 8.63. The van der Waals surface area contributed by atoms with Crippen LogP contribution < -0.4 is 0 Å². The molecule has 1 unspecified atom stereocenters. The molecule has 0 saturated heterocycles. The summed E-state index contributed by atoms with van der Waals surface area (Å²) in [7, 11) is 3.54. The summed E-state index contributed by atoms with van der Waals surface area (Å²) in [5.41, 5.74) is 3.35. The standard InChI is InChI=1S/C15H19N2Si/c1-12(7-10-18)3-2-4-13-5-6-14-15(11-13)17-9-8-16-14/h5-6,8-9,11-12H,2-4,7,10H2,1H3. The highest BCUT2D eigenvalue weighted by Crippen LogP contribution is 2.16. The van der Waals surface area contributed by atoms with Crippen LogP contribution in [0.4, 0.5) is 0 Å². The Morgan fingerprint density at radius 1 is 1.11 bits per heavy atom. The lowest BCUT2D eigenvalue weighted by Crippen LogP contribution is -1.96. The molecule has 0 bridgehead atoms. The molecule has 0 aliphatic rings. The predicted molar refractivity (Wildman–Crippen MR) is 76.8 cm³/mol. The fourth-order valence-corrected chi connectivity index (χ4v) is 2.70. The number of nitrogens with zero attached hydrogens (tertiary/aromatic N) is 2. The molecule has 3 heteroatoms. The molecule has 0 amide bonds. The van der Waals surface area contributed by atoms with Gasteiger partial charge in [-0.25, -0.2) is 0 Å². The number of aryl methyl sites for hydroxylation is 1. The van der Waals surface area contributed by atoms with Crippen molar-refractivity contribution in [1.82, 2.24) is 9.97 Å². The van der Waals surface area contributed by atoms with E-state index in [4.69, 9.17) is 0 Å². The van der Waals surface area contributed by atoms with Gasteiger partial charge in [0.2, 0.25) is 0 Å². The molecule has 1 atom stereocenters. The predicted octanol–water partition coefficient (Wildman–Crippen LogP) is 3.57. The maximum absolute atomic E-state index is 4.35. The van der Waals surface area contributed by atoms with Gasteiger partial charge in [0, 0.05) is 22.6 Å². The Bertz CT molecular complexity index is 499. The van der Waals surface area contributed by atoms with Gasteiger partial charge in [-0.2, -0.15) is 0 Å². The van der Waals surface area contributed by atoms with E-state index in [2.05, 4.69) is 45.3 Å². The molecule has 0 fully saturated rings. The summed E-state index contributed by atoms with van der Waals surface area (Å²) < 4.78 is 0. The average molecular weight is 255 g/mol. The summed E-state index contributed by atoms with van der Waals surface area (Å²) in [5, 5.41) is 0. The van der Waals surface area contributed by atoms with Gasteiger partial charge in [-0.3, -0.25) is 9.97 Å². The quantitative estimate of drug-likeness (QED) is 0.738. The zero-order valence-electron chi connectivity index (χ0n) is 10.9. The molecule has 2 rings (SSSR count). The zero-order valence-corrected chi connectivity index (χ0v) is 11.9. The van der Waals surface area contributed by atoms with Crippen LogP contribution in [-0.2, 0) is 6.42 Å². The Morgan fingerprint density at radius 3 is 2.67 bits per heavy atom. The Morgan fingerprint density at radius 2 is 1.89 bits per heavy atom. The smallest absolute Gasteiger partial charge is 0.0889 e. The van der Waals surface area contributed by atoms with Gasteiger partial charge < -0.3 is 0 Å². The van der Waals surface area contributed by atoms with E-state index < -0.39 is 0 Å². The fourth-order valence-electron chi connectivity index (χ4n) is 2.21. The van der Waals surface area contributed by atoms with Crippen LogP contribution >= 0.6 is 0 Å². The molecule has 0 spiro atoms. The molecule has 2 aromatic rings. The number of fused-ring (bicyclic) bond motifs is 1. The first-order valence-corrected chi connectivity index (χ1v) is 7.34. The number of aromatic nitrogens is 2. The Hall–Kier alpha value is -1.22. The molecule has 0 saturated carbocycles. The summed E-state index contributed by atoms with van der Waals surface area (Å²) in [6.45, 7) is 2.33. The van der Waals surface area contributed by atoms with E-state index in [1.165, 1.54) is 24.8 Å². The van der Waals surface area contributed by atoms with Crippen LogP contribution in [0.1, 0.15) is 31.7 Å². The van der Waals surface area contributed by atoms with Crippen molar-refractivity contribution in [3.05, 3.63) is 36.2 Å². The third-order valence-corrected chi connectivity index (χ3v) is 3.62. The first kappa shape index (κ1) is 13.2. The van der Waals surface area contributed by atoms with E-state index in [0.717, 1.165) is 29.4 Å². The van der Waals surface area contributed by atoms with Gasteiger partial charge >= 0.3 is 0 Å². The average Bonchev–Trinajstić information content (AvgIpc) is 2.39. The van der Waals surface area contributed by atoms with Crippen molar-refractivity contribution in [3.8, 4) is 0 Å². The number of benzene rings is 1. The van der Waals surface area contributed by atoms with Crippen LogP contribution in [0.3, 0.4) is 0 Å². The molecule has 3 radical (unpaired) electrons. The lowest BCUT2D eigenvalue weighted by molar-refractivity contribution is 0.496. The fraction of sp³-hybridized carbons (Fsp3) is 0.467. The molecule has 1 aromatic carbocycles. The van der Waals surface area contributed by atoms with E-state index in [-0.39, 0.29) is 0 Å². The monoisotopic (exact) mass is 255 g/mol. The first-order valence-electron chi connectivity index (χ1n) is 6.64. The number of rotatable bonds is 6. The summed E-state index contributed by atoms with van der Waals surface area (Å²) in [6, 6.07) is 7.51. The van der Waals surface area contributed by atoms with Crippen LogP contribution in [0.25, 0.3) is 11.0 Å². The minimum absolute atomic E-state index is 0.808. The van der Waals surface area contributed by atoms with Crippen molar-refractivity contribution in [2.45, 2.75) is 38.7 Å². The second kappa shape index (κ2) is 6.64. The highest BCUT2D eigenvalue weighted by molar-refractivity contribution is 6.08. The van der Waals surface area contributed by atoms with Gasteiger partial charge in [-0.1, -0.05) is 31.9 Å². The van der Waals surface area contributed by atoms with Gasteiger partial charge in [0.05, 0.1) is 11.0 Å². The molecule has 18 heavy (non-hydrogen) atoms. The molecule has 0 aliphatic carbocycles. The van der Waals surface area contributed by atoms with Gasteiger partial charge in [0.25, 0.3) is 0 Å². The van der Waals surface area contributed by atoms with E-state index in [1.807, 2.05) is 0 Å². The second-order valence-electron chi connectivity index (χ2n) is 4.92. The van der Waals surface area contributed by atoms with Crippen molar-refractivity contribution in [3.63, 3.8) is 0 Å². The van der Waals surface area contributed by atoms with E-state index >= 15 is 0 Å². The summed E-state index contributed by atoms with van der Waals surface area (Å²) in [5.74, 6) is 0.808. The van der Waals surface area contributed by atoms with E-state index in [1.54, 1.807) is 12.4 Å². The van der Waals surface area contributed by atoms with Crippen LogP contribution in [0, 0.1) is 5.92 Å². The molecule has 1 heterocycles. The zero-order chi connectivity index (χ0) is 12.8. The maximum Gasteiger partial charge on any atom is 0.0889 e. The molecule has 0 N–H and O–H groups in total. The SMILES string of the molecule is CC(CC[Si])CCCc1ccc2nccnc2c1. The van der Waals surface area contributed by atoms with Crippen LogP contribution in [0.2, 0.25) is 6.04 Å². The Kier molecular flexibility index (Phi) is 4.87. The highest BCUT2D eigenvalue weighted by atomic mass is 28.1. The minimum Gasteiger partial charge on any atom is -0.253 e. The molecule has 1 aromatic heterocycles.